The molecule has 1 heterocycles. The first-order valence-corrected chi connectivity index (χ1v) is 9.68. The fourth-order valence-corrected chi connectivity index (χ4v) is 3.91. The van der Waals surface area contributed by atoms with Crippen LogP contribution in [-0.4, -0.2) is 48.6 Å². The van der Waals surface area contributed by atoms with Gasteiger partial charge in [-0.2, -0.15) is 5.26 Å². The number of nitriles is 1. The van der Waals surface area contributed by atoms with E-state index >= 15 is 0 Å². The first kappa shape index (κ1) is 19.2. The van der Waals surface area contributed by atoms with Crippen LogP contribution in [0.3, 0.4) is 0 Å². The van der Waals surface area contributed by atoms with E-state index in [0.717, 1.165) is 37.8 Å². The highest BCUT2D eigenvalue weighted by Crippen LogP contribution is 2.25. The lowest BCUT2D eigenvalue weighted by Gasteiger charge is -2.21. The lowest BCUT2D eigenvalue weighted by Crippen LogP contribution is -2.43. The summed E-state index contributed by atoms with van der Waals surface area (Å²) in [5.41, 5.74) is 0.775. The van der Waals surface area contributed by atoms with Crippen LogP contribution in [0.25, 0.3) is 0 Å². The Labute approximate surface area is 160 Å². The van der Waals surface area contributed by atoms with Crippen molar-refractivity contribution in [3.8, 4) is 6.07 Å². The zero-order valence-electron chi connectivity index (χ0n) is 15.5. The van der Waals surface area contributed by atoms with Crippen molar-refractivity contribution in [3.63, 3.8) is 0 Å². The van der Waals surface area contributed by atoms with Crippen LogP contribution in [0.1, 0.15) is 32.1 Å². The number of carbonyl (C=O) groups excluding carboxylic acids is 2. The molecule has 0 unspecified atom stereocenters. The molecule has 7 nitrogen and oxygen atoms in total. The predicted molar refractivity (Wildman–Crippen MR) is 103 cm³/mol. The fourth-order valence-electron chi connectivity index (χ4n) is 3.91. The van der Waals surface area contributed by atoms with Crippen LogP contribution in [0.5, 0.6) is 0 Å². The average molecular weight is 369 g/mol. The predicted octanol–water partition coefficient (Wildman–Crippen LogP) is 2.08. The number of nitrogens with one attached hydrogen (secondary N) is 3. The molecule has 3 atom stereocenters. The summed E-state index contributed by atoms with van der Waals surface area (Å²) in [6.07, 6.45) is 4.67. The minimum absolute atomic E-state index is 0.0165. The monoisotopic (exact) mass is 369 g/mol. The van der Waals surface area contributed by atoms with E-state index in [1.165, 1.54) is 0 Å². The maximum atomic E-state index is 12.3. The van der Waals surface area contributed by atoms with Gasteiger partial charge >= 0.3 is 6.03 Å². The Morgan fingerprint density at radius 2 is 2.00 bits per heavy atom. The van der Waals surface area contributed by atoms with Gasteiger partial charge in [0.15, 0.2) is 0 Å². The molecule has 1 saturated heterocycles. The van der Waals surface area contributed by atoms with Gasteiger partial charge in [0.1, 0.15) is 6.04 Å². The van der Waals surface area contributed by atoms with Gasteiger partial charge in [-0.25, -0.2) is 4.79 Å². The number of urea groups is 1. The molecule has 1 aromatic carbocycles. The Kier molecular flexibility index (Phi) is 6.66. The van der Waals surface area contributed by atoms with Gasteiger partial charge in [-0.1, -0.05) is 18.2 Å². The third-order valence-corrected chi connectivity index (χ3v) is 5.39. The molecule has 0 spiro atoms. The second-order valence-electron chi connectivity index (χ2n) is 7.33. The van der Waals surface area contributed by atoms with Crippen LogP contribution in [0.15, 0.2) is 30.3 Å². The van der Waals surface area contributed by atoms with Crippen LogP contribution in [-0.2, 0) is 4.79 Å². The molecule has 3 rings (SSSR count). The van der Waals surface area contributed by atoms with E-state index in [1.807, 2.05) is 30.3 Å². The van der Waals surface area contributed by atoms with Gasteiger partial charge in [-0.05, 0) is 50.2 Å². The van der Waals surface area contributed by atoms with Crippen molar-refractivity contribution in [2.75, 3.05) is 25.0 Å². The van der Waals surface area contributed by atoms with Crippen molar-refractivity contribution in [1.82, 2.24) is 15.5 Å². The van der Waals surface area contributed by atoms with Crippen molar-refractivity contribution < 1.29 is 9.59 Å². The number of benzene rings is 1. The SMILES string of the molecule is N#C[C@@H]1CCCN1C(=O)CN[C@@H]1CC[C@H](CNC(=O)Nc2ccccc2)C1. The third kappa shape index (κ3) is 5.44. The lowest BCUT2D eigenvalue weighted by atomic mass is 10.1. The molecule has 2 fully saturated rings. The molecular weight excluding hydrogens is 342 g/mol. The number of likely N-dealkylation sites (tertiary alicyclic amines) is 1. The largest absolute Gasteiger partial charge is 0.338 e. The molecular formula is C20H27N5O2. The first-order valence-electron chi connectivity index (χ1n) is 9.68. The summed E-state index contributed by atoms with van der Waals surface area (Å²) in [4.78, 5) is 25.9. The summed E-state index contributed by atoms with van der Waals surface area (Å²) in [7, 11) is 0. The maximum Gasteiger partial charge on any atom is 0.319 e. The van der Waals surface area contributed by atoms with Gasteiger partial charge in [0.25, 0.3) is 0 Å². The van der Waals surface area contributed by atoms with Crippen LogP contribution in [0, 0.1) is 17.2 Å². The number of carbonyl (C=O) groups is 2. The standard InChI is InChI=1S/C20H27N5O2/c21-12-18-7-4-10-25(18)19(26)14-22-17-9-8-15(11-17)13-23-20(27)24-16-5-2-1-3-6-16/h1-3,5-6,15,17-18,22H,4,7-11,13-14H2,(H2,23,24,27)/t15-,17+,18-/m0/s1. The van der Waals surface area contributed by atoms with Crippen LogP contribution < -0.4 is 16.0 Å². The van der Waals surface area contributed by atoms with Crippen molar-refractivity contribution >= 4 is 17.6 Å². The number of hydrogen-bond acceptors (Lipinski definition) is 4. The first-order chi connectivity index (χ1) is 13.2. The summed E-state index contributed by atoms with van der Waals surface area (Å²) in [6, 6.07) is 11.4. The van der Waals surface area contributed by atoms with Crippen LogP contribution in [0.2, 0.25) is 0 Å². The molecule has 144 valence electrons. The van der Waals surface area contributed by atoms with Crippen molar-refractivity contribution in [3.05, 3.63) is 30.3 Å². The Morgan fingerprint density at radius 3 is 2.78 bits per heavy atom. The van der Waals surface area contributed by atoms with Crippen LogP contribution in [0.4, 0.5) is 10.5 Å². The number of amides is 3. The molecule has 3 N–H and O–H groups in total. The highest BCUT2D eigenvalue weighted by molar-refractivity contribution is 5.89. The molecule has 1 aliphatic heterocycles. The summed E-state index contributed by atoms with van der Waals surface area (Å²) in [5.74, 6) is 0.431. The molecule has 0 aromatic heterocycles. The zero-order valence-corrected chi connectivity index (χ0v) is 15.5. The molecule has 7 heteroatoms. The molecule has 3 amide bonds. The number of anilines is 1. The second-order valence-corrected chi connectivity index (χ2v) is 7.33. The van der Waals surface area contributed by atoms with Crippen molar-refractivity contribution in [2.24, 2.45) is 5.92 Å². The van der Waals surface area contributed by atoms with Gasteiger partial charge in [0, 0.05) is 24.8 Å². The number of para-hydroxylation sites is 1. The Morgan fingerprint density at radius 1 is 1.19 bits per heavy atom. The molecule has 1 aromatic rings. The Balaban J connectivity index is 1.33. The smallest absolute Gasteiger partial charge is 0.319 e. The van der Waals surface area contributed by atoms with E-state index in [9.17, 15) is 9.59 Å². The second kappa shape index (κ2) is 9.38. The molecule has 2 aliphatic rings. The van der Waals surface area contributed by atoms with E-state index in [0.29, 0.717) is 25.0 Å². The van der Waals surface area contributed by atoms with E-state index < -0.39 is 0 Å². The summed E-state index contributed by atoms with van der Waals surface area (Å²) >= 11 is 0. The number of nitrogens with zero attached hydrogens (tertiary/aromatic N) is 2. The van der Waals surface area contributed by atoms with Crippen molar-refractivity contribution in [1.29, 1.82) is 5.26 Å². The topological polar surface area (TPSA) is 97.3 Å². The minimum Gasteiger partial charge on any atom is -0.338 e. The molecule has 1 saturated carbocycles. The highest BCUT2D eigenvalue weighted by atomic mass is 16.2. The fraction of sp³-hybridized carbons (Fsp3) is 0.550. The number of rotatable bonds is 6. The normalized spacial score (nSPS) is 24.4. The number of hydrogen-bond donors (Lipinski definition) is 3. The van der Waals surface area contributed by atoms with Crippen molar-refractivity contribution in [2.45, 2.75) is 44.2 Å². The van der Waals surface area contributed by atoms with E-state index in [4.69, 9.17) is 5.26 Å². The van der Waals surface area contributed by atoms with E-state index in [-0.39, 0.29) is 24.5 Å². The summed E-state index contributed by atoms with van der Waals surface area (Å²) in [6.45, 7) is 1.61. The molecule has 1 aliphatic carbocycles. The average Bonchev–Trinajstić information content (AvgIpc) is 3.34. The molecule has 0 bridgehead atoms. The van der Waals surface area contributed by atoms with Gasteiger partial charge in [0.05, 0.1) is 12.6 Å². The molecule has 0 radical (unpaired) electrons. The van der Waals surface area contributed by atoms with Gasteiger partial charge < -0.3 is 20.9 Å². The quantitative estimate of drug-likeness (QED) is 0.715. The summed E-state index contributed by atoms with van der Waals surface area (Å²) in [5, 5.41) is 18.2. The highest BCUT2D eigenvalue weighted by Gasteiger charge is 2.30. The van der Waals surface area contributed by atoms with Gasteiger partial charge in [-0.3, -0.25) is 4.79 Å². The van der Waals surface area contributed by atoms with Gasteiger partial charge in [-0.15, -0.1) is 0 Å². The maximum absolute atomic E-state index is 12.3. The van der Waals surface area contributed by atoms with E-state index in [1.54, 1.807) is 4.90 Å². The summed E-state index contributed by atoms with van der Waals surface area (Å²) < 4.78 is 0. The third-order valence-electron chi connectivity index (χ3n) is 5.39. The van der Waals surface area contributed by atoms with Gasteiger partial charge in [0.2, 0.25) is 5.91 Å². The van der Waals surface area contributed by atoms with Crippen LogP contribution >= 0.6 is 0 Å². The Hall–Kier alpha value is -2.59. The van der Waals surface area contributed by atoms with E-state index in [2.05, 4.69) is 22.0 Å². The zero-order chi connectivity index (χ0) is 19.1. The molecule has 27 heavy (non-hydrogen) atoms. The lowest BCUT2D eigenvalue weighted by molar-refractivity contribution is -0.130. The minimum atomic E-state index is -0.261. The Bertz CT molecular complexity index is 687.